The Morgan fingerprint density at radius 2 is 1.33 bits per heavy atom. The lowest BCUT2D eigenvalue weighted by Crippen LogP contribution is -1.99. The van der Waals surface area contributed by atoms with E-state index in [0.29, 0.717) is 0 Å². The number of aromatic nitrogens is 2. The molecule has 0 N–H and O–H groups in total. The number of benzene rings is 5. The van der Waals surface area contributed by atoms with Crippen LogP contribution in [0.15, 0.2) is 99.9 Å². The minimum absolute atomic E-state index is 0.795. The van der Waals surface area contributed by atoms with Crippen molar-refractivity contribution in [3.63, 3.8) is 0 Å². The molecule has 0 fully saturated rings. The van der Waals surface area contributed by atoms with Crippen molar-refractivity contribution in [2.24, 2.45) is 0 Å². The lowest BCUT2D eigenvalue weighted by atomic mass is 10.00. The quantitative estimate of drug-likeness (QED) is 0.204. The van der Waals surface area contributed by atoms with Crippen LogP contribution in [-0.2, 0) is 0 Å². The Morgan fingerprint density at radius 3 is 2.06 bits per heavy atom. The first kappa shape index (κ1) is 20.5. The Balaban J connectivity index is 1.89. The van der Waals surface area contributed by atoms with Crippen LogP contribution in [0.3, 0.4) is 0 Å². The van der Waals surface area contributed by atoms with E-state index in [-0.39, 0.29) is 0 Å². The molecule has 0 unspecified atom stereocenters. The number of fused-ring (bicyclic) bond motifs is 6. The van der Waals surface area contributed by atoms with Gasteiger partial charge in [0.15, 0.2) is 0 Å². The maximum atomic E-state index is 5.73. The molecule has 0 bridgehead atoms. The van der Waals surface area contributed by atoms with Gasteiger partial charge in [0, 0.05) is 25.4 Å². The first-order valence-corrected chi connectivity index (χ1v) is 12.2. The summed E-state index contributed by atoms with van der Waals surface area (Å²) in [5.41, 5.74) is 4.06. The number of methoxy groups -OCH3 is 1. The van der Waals surface area contributed by atoms with Gasteiger partial charge in [-0.05, 0) is 59.3 Å². The van der Waals surface area contributed by atoms with Crippen molar-refractivity contribution in [3.05, 3.63) is 99.9 Å². The predicted molar refractivity (Wildman–Crippen MR) is 143 cm³/mol. The summed E-state index contributed by atoms with van der Waals surface area (Å²) >= 11 is 7.33. The molecule has 3 nitrogen and oxygen atoms in total. The number of hydrogen-bond acceptors (Lipinski definition) is 2. The Hall–Kier alpha value is -3.15. The highest BCUT2D eigenvalue weighted by molar-refractivity contribution is 9.10. The molecular formula is C28H18Br2N2O. The van der Waals surface area contributed by atoms with Gasteiger partial charge in [-0.2, -0.15) is 0 Å². The van der Waals surface area contributed by atoms with Crippen molar-refractivity contribution in [1.82, 2.24) is 9.55 Å². The van der Waals surface area contributed by atoms with Crippen LogP contribution in [-0.4, -0.2) is 16.7 Å². The average molecular weight is 558 g/mol. The second kappa shape index (κ2) is 8.01. The van der Waals surface area contributed by atoms with Gasteiger partial charge in [0.1, 0.15) is 11.6 Å². The Bertz CT molecular complexity index is 1670. The molecule has 0 spiro atoms. The van der Waals surface area contributed by atoms with Crippen molar-refractivity contribution in [1.29, 1.82) is 0 Å². The molecule has 0 saturated heterocycles. The molecule has 1 heterocycles. The van der Waals surface area contributed by atoms with Gasteiger partial charge in [-0.25, -0.2) is 4.98 Å². The minimum atomic E-state index is 0.795. The van der Waals surface area contributed by atoms with Gasteiger partial charge in [-0.15, -0.1) is 0 Å². The van der Waals surface area contributed by atoms with E-state index in [1.54, 1.807) is 7.11 Å². The molecule has 6 rings (SSSR count). The van der Waals surface area contributed by atoms with Crippen LogP contribution in [0, 0.1) is 0 Å². The molecule has 1 aromatic heterocycles. The van der Waals surface area contributed by atoms with Crippen molar-refractivity contribution in [2.45, 2.75) is 0 Å². The number of hydrogen-bond donors (Lipinski definition) is 0. The molecule has 5 heteroatoms. The third kappa shape index (κ3) is 3.26. The SMILES string of the molecule is COc1ccccc1-c1nc2c3ccc(Br)cc3c3cc(Br)ccc3c2n1-c1ccccc1. The zero-order valence-electron chi connectivity index (χ0n) is 17.7. The Kier molecular flexibility index (Phi) is 4.97. The van der Waals surface area contributed by atoms with Crippen LogP contribution in [0.1, 0.15) is 0 Å². The van der Waals surface area contributed by atoms with Crippen LogP contribution in [0.5, 0.6) is 5.75 Å². The van der Waals surface area contributed by atoms with E-state index in [4.69, 9.17) is 9.72 Å². The van der Waals surface area contributed by atoms with E-state index in [1.807, 2.05) is 24.3 Å². The van der Waals surface area contributed by atoms with E-state index >= 15 is 0 Å². The number of ether oxygens (including phenoxy) is 1. The molecule has 160 valence electrons. The van der Waals surface area contributed by atoms with E-state index in [1.165, 1.54) is 5.39 Å². The van der Waals surface area contributed by atoms with Gasteiger partial charge in [-0.3, -0.25) is 4.57 Å². The smallest absolute Gasteiger partial charge is 0.149 e. The van der Waals surface area contributed by atoms with Crippen LogP contribution in [0.25, 0.3) is 49.7 Å². The fourth-order valence-corrected chi connectivity index (χ4v) is 5.31. The summed E-state index contributed by atoms with van der Waals surface area (Å²) in [7, 11) is 1.70. The van der Waals surface area contributed by atoms with Crippen molar-refractivity contribution < 1.29 is 4.74 Å². The molecule has 0 amide bonds. The third-order valence-corrected chi connectivity index (χ3v) is 6.99. The second-order valence-electron chi connectivity index (χ2n) is 7.88. The number of rotatable bonds is 3. The van der Waals surface area contributed by atoms with Crippen molar-refractivity contribution in [2.75, 3.05) is 7.11 Å². The minimum Gasteiger partial charge on any atom is -0.496 e. The Morgan fingerprint density at radius 1 is 0.697 bits per heavy atom. The molecule has 0 aliphatic rings. The maximum Gasteiger partial charge on any atom is 0.149 e. The van der Waals surface area contributed by atoms with Crippen LogP contribution < -0.4 is 4.74 Å². The van der Waals surface area contributed by atoms with E-state index in [9.17, 15) is 0 Å². The summed E-state index contributed by atoms with van der Waals surface area (Å²) in [5.74, 6) is 1.65. The molecular weight excluding hydrogens is 540 g/mol. The van der Waals surface area contributed by atoms with Crippen molar-refractivity contribution >= 4 is 64.4 Å². The molecule has 0 saturated carbocycles. The zero-order valence-corrected chi connectivity index (χ0v) is 20.9. The summed E-state index contributed by atoms with van der Waals surface area (Å²) in [6.07, 6.45) is 0. The molecule has 0 radical (unpaired) electrons. The lowest BCUT2D eigenvalue weighted by Gasteiger charge is -2.14. The number of nitrogens with zero attached hydrogens (tertiary/aromatic N) is 2. The first-order valence-electron chi connectivity index (χ1n) is 10.6. The lowest BCUT2D eigenvalue weighted by molar-refractivity contribution is 0.416. The van der Waals surface area contributed by atoms with Crippen molar-refractivity contribution in [3.8, 4) is 22.8 Å². The molecule has 5 aromatic carbocycles. The maximum absolute atomic E-state index is 5.73. The molecule has 6 aromatic rings. The first-order chi connectivity index (χ1) is 16.2. The van der Waals surface area contributed by atoms with Gasteiger partial charge in [0.2, 0.25) is 0 Å². The predicted octanol–water partition coefficient (Wildman–Crippen LogP) is 8.53. The summed E-state index contributed by atoms with van der Waals surface area (Å²) in [4.78, 5) is 5.25. The molecule has 0 atom stereocenters. The molecule has 33 heavy (non-hydrogen) atoms. The Labute approximate surface area is 207 Å². The number of para-hydroxylation sites is 2. The average Bonchev–Trinajstić information content (AvgIpc) is 3.25. The normalized spacial score (nSPS) is 11.5. The summed E-state index contributed by atoms with van der Waals surface area (Å²) in [6.45, 7) is 0. The van der Waals surface area contributed by atoms with Crippen LogP contribution in [0.2, 0.25) is 0 Å². The third-order valence-electron chi connectivity index (χ3n) is 6.00. The van der Waals surface area contributed by atoms with Crippen LogP contribution in [0.4, 0.5) is 0 Å². The molecule has 0 aliphatic carbocycles. The van der Waals surface area contributed by atoms with Gasteiger partial charge >= 0.3 is 0 Å². The highest BCUT2D eigenvalue weighted by Gasteiger charge is 2.22. The standard InChI is InChI=1S/C28H18Br2N2O/c1-33-25-10-6-5-9-22(25)28-31-26-20-13-11-17(29)15-23(20)24-16-18(30)12-14-21(24)27(26)32(28)19-7-3-2-4-8-19/h2-16H,1H3. The fraction of sp³-hybridized carbons (Fsp3) is 0.0357. The summed E-state index contributed by atoms with van der Waals surface area (Å²) in [5, 5.41) is 4.61. The van der Waals surface area contributed by atoms with E-state index < -0.39 is 0 Å². The summed E-state index contributed by atoms with van der Waals surface area (Å²) in [6, 6.07) is 31.3. The summed E-state index contributed by atoms with van der Waals surface area (Å²) < 4.78 is 10.1. The highest BCUT2D eigenvalue weighted by atomic mass is 79.9. The second-order valence-corrected chi connectivity index (χ2v) is 9.72. The van der Waals surface area contributed by atoms with Crippen LogP contribution >= 0.6 is 31.9 Å². The number of imidazole rings is 1. The van der Waals surface area contributed by atoms with Gasteiger partial charge < -0.3 is 4.74 Å². The molecule has 0 aliphatic heterocycles. The van der Waals surface area contributed by atoms with E-state index in [2.05, 4.69) is 103 Å². The topological polar surface area (TPSA) is 27.1 Å². The zero-order chi connectivity index (χ0) is 22.5. The van der Waals surface area contributed by atoms with E-state index in [0.717, 1.165) is 59.0 Å². The van der Waals surface area contributed by atoms with Gasteiger partial charge in [-0.1, -0.05) is 74.3 Å². The van der Waals surface area contributed by atoms with Gasteiger partial charge in [0.25, 0.3) is 0 Å². The van der Waals surface area contributed by atoms with Gasteiger partial charge in [0.05, 0.1) is 23.7 Å². The number of halogens is 2. The largest absolute Gasteiger partial charge is 0.496 e. The fourth-order valence-electron chi connectivity index (χ4n) is 4.59. The highest BCUT2D eigenvalue weighted by Crippen LogP contribution is 2.42. The monoisotopic (exact) mass is 556 g/mol.